The van der Waals surface area contributed by atoms with E-state index in [2.05, 4.69) is 9.47 Å². The Morgan fingerprint density at radius 1 is 1.12 bits per heavy atom. The predicted molar refractivity (Wildman–Crippen MR) is 80.7 cm³/mol. The van der Waals surface area contributed by atoms with Crippen LogP contribution in [0.15, 0.2) is 0 Å². The van der Waals surface area contributed by atoms with Crippen molar-refractivity contribution in [2.75, 3.05) is 14.2 Å². The molecule has 0 aliphatic heterocycles. The first-order chi connectivity index (χ1) is 10.9. The molecule has 0 amide bonds. The van der Waals surface area contributed by atoms with Gasteiger partial charge in [0.25, 0.3) is 0 Å². The summed E-state index contributed by atoms with van der Waals surface area (Å²) in [5.74, 6) is -5.08. The molecule has 1 aliphatic carbocycles. The minimum absolute atomic E-state index is 0.405. The maximum Gasteiger partial charge on any atom is 0.309 e. The summed E-state index contributed by atoms with van der Waals surface area (Å²) in [6, 6.07) is 0. The van der Waals surface area contributed by atoms with Gasteiger partial charge in [0.15, 0.2) is 5.78 Å². The molecule has 0 aromatic rings. The molecule has 0 heterocycles. The molecule has 0 aromatic carbocycles. The summed E-state index contributed by atoms with van der Waals surface area (Å²) in [4.78, 5) is 48.0. The van der Waals surface area contributed by atoms with Gasteiger partial charge >= 0.3 is 17.9 Å². The molecule has 0 spiro atoms. The normalized spacial score (nSPS) is 27.3. The van der Waals surface area contributed by atoms with Crippen LogP contribution >= 0.6 is 0 Å². The fourth-order valence-corrected chi connectivity index (χ4v) is 2.74. The first kappa shape index (κ1) is 20.1. The molecule has 1 rings (SSSR count). The molecule has 8 nitrogen and oxygen atoms in total. The Balaban J connectivity index is 3.01. The first-order valence-corrected chi connectivity index (χ1v) is 7.56. The highest BCUT2D eigenvalue weighted by Gasteiger charge is 2.52. The van der Waals surface area contributed by atoms with Gasteiger partial charge in [0, 0.05) is 6.42 Å². The fourth-order valence-electron chi connectivity index (χ4n) is 2.74. The van der Waals surface area contributed by atoms with Crippen LogP contribution in [0.4, 0.5) is 0 Å². The highest BCUT2D eigenvalue weighted by Crippen LogP contribution is 2.38. The summed E-state index contributed by atoms with van der Waals surface area (Å²) < 4.78 is 14.4. The van der Waals surface area contributed by atoms with Gasteiger partial charge in [-0.3, -0.25) is 19.2 Å². The molecule has 3 atom stereocenters. The van der Waals surface area contributed by atoms with Crippen molar-refractivity contribution in [3.05, 3.63) is 0 Å². The smallest absolute Gasteiger partial charge is 0.309 e. The summed E-state index contributed by atoms with van der Waals surface area (Å²) in [6.07, 6.45) is -1.41. The summed E-state index contributed by atoms with van der Waals surface area (Å²) >= 11 is 0. The predicted octanol–water partition coefficient (Wildman–Crippen LogP) is 0.391. The summed E-state index contributed by atoms with van der Waals surface area (Å²) in [6.45, 7) is 4.96. The average molecular weight is 344 g/mol. The summed E-state index contributed by atoms with van der Waals surface area (Å²) in [5.41, 5.74) is -2.85. The van der Waals surface area contributed by atoms with Gasteiger partial charge in [0.2, 0.25) is 0 Å². The molecule has 0 bridgehead atoms. The van der Waals surface area contributed by atoms with E-state index in [4.69, 9.17) is 4.74 Å². The fraction of sp³-hybridized carbons (Fsp3) is 0.750. The van der Waals surface area contributed by atoms with Crippen LogP contribution in [-0.2, 0) is 33.4 Å². The lowest BCUT2D eigenvalue weighted by Gasteiger charge is -2.37. The molecule has 8 heteroatoms. The number of Topliss-reactive ketones (excluding diaryl/α,β-unsaturated/α-hetero) is 1. The van der Waals surface area contributed by atoms with Crippen LogP contribution in [0.2, 0.25) is 0 Å². The monoisotopic (exact) mass is 344 g/mol. The Labute approximate surface area is 140 Å². The SMILES string of the molecule is COC(=O)[C@H]1CC(=O)[C@](O)(CC(=O)OC(C)(C)C)C[C@@H]1C(=O)OC. The van der Waals surface area contributed by atoms with Crippen molar-refractivity contribution >= 4 is 23.7 Å². The van der Waals surface area contributed by atoms with E-state index in [1.165, 1.54) is 0 Å². The number of esters is 3. The molecule has 24 heavy (non-hydrogen) atoms. The van der Waals surface area contributed by atoms with Gasteiger partial charge in [-0.2, -0.15) is 0 Å². The lowest BCUT2D eigenvalue weighted by Crippen LogP contribution is -2.53. The zero-order valence-corrected chi connectivity index (χ0v) is 14.6. The average Bonchev–Trinajstić information content (AvgIpc) is 2.45. The summed E-state index contributed by atoms with van der Waals surface area (Å²) in [5, 5.41) is 10.6. The molecule has 1 fully saturated rings. The molecule has 1 saturated carbocycles. The van der Waals surface area contributed by atoms with Crippen LogP contribution in [0.5, 0.6) is 0 Å². The third-order valence-corrected chi connectivity index (χ3v) is 3.83. The van der Waals surface area contributed by atoms with Gasteiger partial charge in [-0.25, -0.2) is 0 Å². The van der Waals surface area contributed by atoms with E-state index in [1.807, 2.05) is 0 Å². The lowest BCUT2D eigenvalue weighted by atomic mass is 9.69. The Morgan fingerprint density at radius 2 is 1.62 bits per heavy atom. The molecule has 136 valence electrons. The molecule has 0 aromatic heterocycles. The number of ketones is 1. The van der Waals surface area contributed by atoms with Crippen molar-refractivity contribution in [2.24, 2.45) is 11.8 Å². The highest BCUT2D eigenvalue weighted by molar-refractivity contribution is 5.97. The van der Waals surface area contributed by atoms with E-state index >= 15 is 0 Å². The van der Waals surface area contributed by atoms with Crippen molar-refractivity contribution < 1.29 is 38.5 Å². The second kappa shape index (κ2) is 7.29. The molecule has 0 unspecified atom stereocenters. The Bertz CT molecular complexity index is 533. The first-order valence-electron chi connectivity index (χ1n) is 7.56. The zero-order valence-electron chi connectivity index (χ0n) is 14.6. The Hall–Kier alpha value is -1.96. The maximum atomic E-state index is 12.3. The minimum atomic E-state index is -2.08. The number of ether oxygens (including phenoxy) is 3. The van der Waals surface area contributed by atoms with Gasteiger partial charge in [-0.05, 0) is 27.2 Å². The third kappa shape index (κ3) is 4.77. The van der Waals surface area contributed by atoms with Crippen LogP contribution in [0.1, 0.15) is 40.0 Å². The second-order valence-corrected chi connectivity index (χ2v) is 6.89. The second-order valence-electron chi connectivity index (χ2n) is 6.89. The Morgan fingerprint density at radius 3 is 2.08 bits per heavy atom. The van der Waals surface area contributed by atoms with Gasteiger partial charge in [-0.1, -0.05) is 0 Å². The highest BCUT2D eigenvalue weighted by atomic mass is 16.6. The van der Waals surface area contributed by atoms with Crippen molar-refractivity contribution in [1.29, 1.82) is 0 Å². The van der Waals surface area contributed by atoms with Gasteiger partial charge in [0.1, 0.15) is 11.2 Å². The van der Waals surface area contributed by atoms with Gasteiger partial charge in [-0.15, -0.1) is 0 Å². The van der Waals surface area contributed by atoms with Crippen LogP contribution in [-0.4, -0.2) is 54.2 Å². The van der Waals surface area contributed by atoms with E-state index in [9.17, 15) is 24.3 Å². The number of carbonyl (C=O) groups is 4. The van der Waals surface area contributed by atoms with Crippen molar-refractivity contribution in [3.63, 3.8) is 0 Å². The maximum absolute atomic E-state index is 12.3. The minimum Gasteiger partial charge on any atom is -0.469 e. The number of rotatable bonds is 4. The zero-order chi connectivity index (χ0) is 18.7. The van der Waals surface area contributed by atoms with Gasteiger partial charge < -0.3 is 19.3 Å². The largest absolute Gasteiger partial charge is 0.469 e. The van der Waals surface area contributed by atoms with Crippen LogP contribution in [0.25, 0.3) is 0 Å². The van der Waals surface area contributed by atoms with Crippen molar-refractivity contribution in [2.45, 2.75) is 51.2 Å². The third-order valence-electron chi connectivity index (χ3n) is 3.83. The van der Waals surface area contributed by atoms with Crippen LogP contribution < -0.4 is 0 Å². The number of aliphatic hydroxyl groups is 1. The van der Waals surface area contributed by atoms with Crippen molar-refractivity contribution in [1.82, 2.24) is 0 Å². The van der Waals surface area contributed by atoms with E-state index < -0.39 is 66.0 Å². The molecular weight excluding hydrogens is 320 g/mol. The van der Waals surface area contributed by atoms with Crippen LogP contribution in [0, 0.1) is 11.8 Å². The molecule has 0 saturated heterocycles. The quantitative estimate of drug-likeness (QED) is 0.575. The molecular formula is C16H24O8. The Kier molecular flexibility index (Phi) is 6.10. The standard InChI is InChI=1S/C16H24O8/c1-15(2,3)24-12(18)8-16(21)7-10(14(20)23-5)9(6-11(16)17)13(19)22-4/h9-10,21H,6-8H2,1-5H3/t9-,10-,16+/m0/s1. The molecule has 1 N–H and O–H groups in total. The number of hydrogen-bond donors (Lipinski definition) is 1. The number of carbonyl (C=O) groups excluding carboxylic acids is 4. The topological polar surface area (TPSA) is 116 Å². The van der Waals surface area contributed by atoms with E-state index in [1.54, 1.807) is 20.8 Å². The van der Waals surface area contributed by atoms with Gasteiger partial charge in [0.05, 0.1) is 32.5 Å². The molecule has 1 aliphatic rings. The lowest BCUT2D eigenvalue weighted by molar-refractivity contribution is -0.176. The van der Waals surface area contributed by atoms with Crippen molar-refractivity contribution in [3.8, 4) is 0 Å². The van der Waals surface area contributed by atoms with Crippen LogP contribution in [0.3, 0.4) is 0 Å². The number of methoxy groups -OCH3 is 2. The summed E-state index contributed by atoms with van der Waals surface area (Å²) in [7, 11) is 2.28. The van der Waals surface area contributed by atoms with E-state index in [-0.39, 0.29) is 0 Å². The van der Waals surface area contributed by atoms with E-state index in [0.717, 1.165) is 14.2 Å². The molecule has 0 radical (unpaired) electrons. The number of hydrogen-bond acceptors (Lipinski definition) is 8. The van der Waals surface area contributed by atoms with E-state index in [0.29, 0.717) is 0 Å².